The zero-order chi connectivity index (χ0) is 15.1. The van der Waals surface area contributed by atoms with Crippen LogP contribution in [0.3, 0.4) is 0 Å². The maximum Gasteiger partial charge on any atom is 0.161 e. The van der Waals surface area contributed by atoms with Crippen molar-refractivity contribution < 1.29 is 9.47 Å². The van der Waals surface area contributed by atoms with Gasteiger partial charge < -0.3 is 14.8 Å². The van der Waals surface area contributed by atoms with Gasteiger partial charge in [0.2, 0.25) is 0 Å². The number of thiazole rings is 1. The zero-order valence-corrected chi connectivity index (χ0v) is 13.6. The van der Waals surface area contributed by atoms with Crippen LogP contribution in [0.25, 0.3) is 0 Å². The molecule has 0 saturated heterocycles. The highest BCUT2D eigenvalue weighted by Gasteiger charge is 2.09. The van der Waals surface area contributed by atoms with Gasteiger partial charge in [0.25, 0.3) is 0 Å². The molecule has 2 aromatic rings. The fraction of sp³-hybridized carbons (Fsp3) is 0.438. The van der Waals surface area contributed by atoms with Gasteiger partial charge in [0.05, 0.1) is 12.3 Å². The van der Waals surface area contributed by atoms with Crippen molar-refractivity contribution in [3.8, 4) is 11.5 Å². The Hall–Kier alpha value is -1.59. The van der Waals surface area contributed by atoms with E-state index in [0.717, 1.165) is 35.3 Å². The summed E-state index contributed by atoms with van der Waals surface area (Å²) in [5.74, 6) is 1.54. The number of hydrogen-bond donors (Lipinski definition) is 1. The van der Waals surface area contributed by atoms with Gasteiger partial charge in [0.15, 0.2) is 11.5 Å². The van der Waals surface area contributed by atoms with Crippen LogP contribution in [0.1, 0.15) is 29.4 Å². The van der Waals surface area contributed by atoms with Gasteiger partial charge in [-0.25, -0.2) is 4.98 Å². The van der Waals surface area contributed by atoms with Crippen molar-refractivity contribution >= 4 is 11.3 Å². The molecule has 0 aliphatic carbocycles. The van der Waals surface area contributed by atoms with Gasteiger partial charge in [-0.15, -0.1) is 11.3 Å². The van der Waals surface area contributed by atoms with E-state index in [2.05, 4.69) is 17.2 Å². The molecule has 0 aliphatic rings. The summed E-state index contributed by atoms with van der Waals surface area (Å²) < 4.78 is 11.4. The fourth-order valence-electron chi connectivity index (χ4n) is 1.94. The molecule has 1 aromatic heterocycles. The van der Waals surface area contributed by atoms with E-state index in [0.29, 0.717) is 13.2 Å². The maximum absolute atomic E-state index is 5.85. The van der Waals surface area contributed by atoms with Crippen LogP contribution in [-0.4, -0.2) is 18.1 Å². The van der Waals surface area contributed by atoms with Crippen molar-refractivity contribution in [3.63, 3.8) is 0 Å². The molecular formula is C16H22N2O2S. The first-order valence-electron chi connectivity index (χ1n) is 7.25. The summed E-state index contributed by atoms with van der Waals surface area (Å²) in [7, 11) is 0. The second kappa shape index (κ2) is 8.00. The third kappa shape index (κ3) is 4.44. The van der Waals surface area contributed by atoms with Crippen LogP contribution in [0.4, 0.5) is 0 Å². The highest BCUT2D eigenvalue weighted by Crippen LogP contribution is 2.28. The third-order valence-corrected chi connectivity index (χ3v) is 4.10. The lowest BCUT2D eigenvalue weighted by Gasteiger charge is -2.10. The zero-order valence-electron chi connectivity index (χ0n) is 12.8. The number of aryl methyl sites for hydroxylation is 1. The normalized spacial score (nSPS) is 10.6. The minimum Gasteiger partial charge on any atom is -0.490 e. The van der Waals surface area contributed by atoms with Gasteiger partial charge in [-0.1, -0.05) is 19.1 Å². The minimum absolute atomic E-state index is 0.474. The molecule has 0 spiro atoms. The molecule has 0 saturated carbocycles. The molecule has 1 N–H and O–H groups in total. The Kier molecular flexibility index (Phi) is 6.02. The molecule has 0 radical (unpaired) electrons. The van der Waals surface area contributed by atoms with Crippen LogP contribution in [0.2, 0.25) is 0 Å². The smallest absolute Gasteiger partial charge is 0.161 e. The molecule has 114 valence electrons. The predicted octanol–water partition coefficient (Wildman–Crippen LogP) is 3.54. The number of ether oxygens (including phenoxy) is 2. The van der Waals surface area contributed by atoms with E-state index in [1.54, 1.807) is 11.3 Å². The first kappa shape index (κ1) is 15.8. The van der Waals surface area contributed by atoms with Gasteiger partial charge in [-0.05, 0) is 32.5 Å². The lowest BCUT2D eigenvalue weighted by Crippen LogP contribution is -2.11. The molecule has 0 amide bonds. The molecule has 21 heavy (non-hydrogen) atoms. The van der Waals surface area contributed by atoms with Crippen LogP contribution in [0.5, 0.6) is 11.5 Å². The quantitative estimate of drug-likeness (QED) is 0.810. The fourth-order valence-corrected chi connectivity index (χ4v) is 2.89. The second-order valence-corrected chi connectivity index (χ2v) is 5.73. The van der Waals surface area contributed by atoms with E-state index >= 15 is 0 Å². The molecule has 1 heterocycles. The second-order valence-electron chi connectivity index (χ2n) is 4.56. The Bertz CT molecular complexity index is 569. The average molecular weight is 306 g/mol. The molecule has 0 aliphatic heterocycles. The summed E-state index contributed by atoms with van der Waals surface area (Å²) in [4.78, 5) is 5.84. The predicted molar refractivity (Wildman–Crippen MR) is 86.2 cm³/mol. The summed E-state index contributed by atoms with van der Waals surface area (Å²) in [6, 6.07) is 7.73. The van der Waals surface area contributed by atoms with Crippen molar-refractivity contribution in [3.05, 3.63) is 39.8 Å². The molecule has 0 unspecified atom stereocenters. The molecule has 1 aromatic carbocycles. The monoisotopic (exact) mass is 306 g/mol. The summed E-state index contributed by atoms with van der Waals surface area (Å²) in [6.07, 6.45) is 0. The van der Waals surface area contributed by atoms with E-state index in [1.165, 1.54) is 4.88 Å². The molecule has 2 rings (SSSR count). The topological polar surface area (TPSA) is 43.4 Å². The minimum atomic E-state index is 0.474. The molecule has 4 nitrogen and oxygen atoms in total. The summed E-state index contributed by atoms with van der Waals surface area (Å²) >= 11 is 1.70. The highest BCUT2D eigenvalue weighted by atomic mass is 32.1. The Morgan fingerprint density at radius 2 is 1.86 bits per heavy atom. The van der Waals surface area contributed by atoms with Crippen LogP contribution in [0, 0.1) is 6.92 Å². The molecule has 0 fully saturated rings. The van der Waals surface area contributed by atoms with E-state index in [-0.39, 0.29) is 0 Å². The van der Waals surface area contributed by atoms with Gasteiger partial charge in [-0.3, -0.25) is 0 Å². The van der Waals surface area contributed by atoms with Crippen LogP contribution in [0.15, 0.2) is 24.3 Å². The van der Waals surface area contributed by atoms with Crippen molar-refractivity contribution in [2.45, 2.75) is 33.9 Å². The van der Waals surface area contributed by atoms with Gasteiger partial charge >= 0.3 is 0 Å². The number of nitrogens with zero attached hydrogens (tertiary/aromatic N) is 1. The third-order valence-electron chi connectivity index (χ3n) is 2.97. The van der Waals surface area contributed by atoms with Crippen molar-refractivity contribution in [2.24, 2.45) is 0 Å². The Morgan fingerprint density at radius 1 is 1.14 bits per heavy atom. The number of rotatable bonds is 8. The summed E-state index contributed by atoms with van der Waals surface area (Å²) in [6.45, 7) is 9.05. The number of benzene rings is 1. The SMILES string of the molecule is CCNCc1sc(COc2ccccc2OCC)nc1C. The van der Waals surface area contributed by atoms with E-state index in [9.17, 15) is 0 Å². The van der Waals surface area contributed by atoms with Crippen molar-refractivity contribution in [1.82, 2.24) is 10.3 Å². The van der Waals surface area contributed by atoms with Gasteiger partial charge in [0, 0.05) is 11.4 Å². The van der Waals surface area contributed by atoms with Crippen molar-refractivity contribution in [1.29, 1.82) is 0 Å². The first-order valence-corrected chi connectivity index (χ1v) is 8.06. The largest absolute Gasteiger partial charge is 0.490 e. The number of para-hydroxylation sites is 2. The maximum atomic E-state index is 5.85. The average Bonchev–Trinajstić information content (AvgIpc) is 2.85. The number of hydrogen-bond acceptors (Lipinski definition) is 5. The van der Waals surface area contributed by atoms with E-state index < -0.39 is 0 Å². The molecule has 5 heteroatoms. The Morgan fingerprint density at radius 3 is 2.52 bits per heavy atom. The first-order chi connectivity index (χ1) is 10.2. The summed E-state index contributed by atoms with van der Waals surface area (Å²) in [5.41, 5.74) is 1.08. The standard InChI is InChI=1S/C16H22N2O2S/c1-4-17-10-15-12(3)18-16(21-15)11-20-14-9-7-6-8-13(14)19-5-2/h6-9,17H,4-5,10-11H2,1-3H3. The van der Waals surface area contributed by atoms with Crippen LogP contribution < -0.4 is 14.8 Å². The van der Waals surface area contributed by atoms with Gasteiger partial charge in [0.1, 0.15) is 11.6 Å². The van der Waals surface area contributed by atoms with Crippen LogP contribution >= 0.6 is 11.3 Å². The Balaban J connectivity index is 2.00. The molecule has 0 atom stereocenters. The van der Waals surface area contributed by atoms with Gasteiger partial charge in [-0.2, -0.15) is 0 Å². The number of aromatic nitrogens is 1. The lowest BCUT2D eigenvalue weighted by molar-refractivity contribution is 0.269. The highest BCUT2D eigenvalue weighted by molar-refractivity contribution is 7.11. The van der Waals surface area contributed by atoms with E-state index in [4.69, 9.17) is 9.47 Å². The lowest BCUT2D eigenvalue weighted by atomic mass is 10.3. The summed E-state index contributed by atoms with van der Waals surface area (Å²) in [5, 5.41) is 4.32. The Labute approximate surface area is 130 Å². The molecular weight excluding hydrogens is 284 g/mol. The van der Waals surface area contributed by atoms with E-state index in [1.807, 2.05) is 38.1 Å². The number of nitrogens with one attached hydrogen (secondary N) is 1. The van der Waals surface area contributed by atoms with Crippen molar-refractivity contribution in [2.75, 3.05) is 13.2 Å². The molecule has 0 bridgehead atoms. The van der Waals surface area contributed by atoms with Crippen LogP contribution in [-0.2, 0) is 13.2 Å².